The van der Waals surface area contributed by atoms with E-state index in [4.69, 9.17) is 9.47 Å². The standard InChI is InChI=1S/C20H26N2O4S/c1-3-4-11-26-16-8-7-15(13-17(16)25-2)14-22-19(23)9-10-21-20(24)18-6-5-12-27-18/h5-8,12-13H,3-4,9-11,14H2,1-2H3,(H,21,24)(H,22,23). The molecule has 146 valence electrons. The second kappa shape index (κ2) is 11.2. The monoisotopic (exact) mass is 390 g/mol. The molecule has 1 heterocycles. The molecule has 0 aliphatic carbocycles. The van der Waals surface area contributed by atoms with E-state index in [1.807, 2.05) is 29.6 Å². The fourth-order valence-corrected chi connectivity index (χ4v) is 2.98. The van der Waals surface area contributed by atoms with Gasteiger partial charge in [-0.05, 0) is 35.6 Å². The fraction of sp³-hybridized carbons (Fsp3) is 0.400. The molecule has 0 atom stereocenters. The lowest BCUT2D eigenvalue weighted by Crippen LogP contribution is -2.30. The van der Waals surface area contributed by atoms with Crippen LogP contribution in [0.5, 0.6) is 11.5 Å². The first-order valence-corrected chi connectivity index (χ1v) is 9.90. The highest BCUT2D eigenvalue weighted by atomic mass is 32.1. The lowest BCUT2D eigenvalue weighted by atomic mass is 10.2. The molecule has 0 spiro atoms. The van der Waals surface area contributed by atoms with Crippen LogP contribution in [0.3, 0.4) is 0 Å². The summed E-state index contributed by atoms with van der Waals surface area (Å²) in [4.78, 5) is 24.4. The molecule has 0 unspecified atom stereocenters. The predicted octanol–water partition coefficient (Wildman–Crippen LogP) is 3.37. The summed E-state index contributed by atoms with van der Waals surface area (Å²) in [6.07, 6.45) is 2.29. The first kappa shape index (κ1) is 20.8. The number of hydrogen-bond acceptors (Lipinski definition) is 5. The number of nitrogens with one attached hydrogen (secondary N) is 2. The third kappa shape index (κ3) is 6.94. The summed E-state index contributed by atoms with van der Waals surface area (Å²) >= 11 is 1.37. The third-order valence-corrected chi connectivity index (χ3v) is 4.72. The molecule has 27 heavy (non-hydrogen) atoms. The maximum absolute atomic E-state index is 12.0. The minimum Gasteiger partial charge on any atom is -0.493 e. The highest BCUT2D eigenvalue weighted by molar-refractivity contribution is 7.12. The summed E-state index contributed by atoms with van der Waals surface area (Å²) < 4.78 is 11.1. The number of carbonyl (C=O) groups is 2. The van der Waals surface area contributed by atoms with Gasteiger partial charge in [-0.2, -0.15) is 0 Å². The number of benzene rings is 1. The molecule has 1 aromatic heterocycles. The summed E-state index contributed by atoms with van der Waals surface area (Å²) in [5, 5.41) is 7.43. The number of thiophene rings is 1. The number of methoxy groups -OCH3 is 1. The van der Waals surface area contributed by atoms with Gasteiger partial charge in [0.05, 0.1) is 18.6 Å². The maximum Gasteiger partial charge on any atom is 0.261 e. The first-order chi connectivity index (χ1) is 13.1. The largest absolute Gasteiger partial charge is 0.493 e. The Morgan fingerprint density at radius 1 is 1.15 bits per heavy atom. The topological polar surface area (TPSA) is 76.7 Å². The summed E-state index contributed by atoms with van der Waals surface area (Å²) in [7, 11) is 1.60. The van der Waals surface area contributed by atoms with Crippen molar-refractivity contribution in [3.63, 3.8) is 0 Å². The van der Waals surface area contributed by atoms with E-state index in [1.165, 1.54) is 11.3 Å². The minimum atomic E-state index is -0.152. The molecule has 0 radical (unpaired) electrons. The van der Waals surface area contributed by atoms with Gasteiger partial charge in [-0.15, -0.1) is 11.3 Å². The van der Waals surface area contributed by atoms with Crippen molar-refractivity contribution in [2.45, 2.75) is 32.7 Å². The van der Waals surface area contributed by atoms with Crippen molar-refractivity contribution in [3.05, 3.63) is 46.2 Å². The lowest BCUT2D eigenvalue weighted by Gasteiger charge is -2.12. The molecule has 7 heteroatoms. The van der Waals surface area contributed by atoms with Gasteiger partial charge in [-0.1, -0.05) is 25.5 Å². The van der Waals surface area contributed by atoms with E-state index in [-0.39, 0.29) is 18.2 Å². The van der Waals surface area contributed by atoms with Crippen LogP contribution in [0.15, 0.2) is 35.7 Å². The molecule has 2 amide bonds. The van der Waals surface area contributed by atoms with Crippen molar-refractivity contribution in [2.75, 3.05) is 20.3 Å². The number of ether oxygens (including phenoxy) is 2. The van der Waals surface area contributed by atoms with Crippen molar-refractivity contribution in [1.29, 1.82) is 0 Å². The number of rotatable bonds is 11. The van der Waals surface area contributed by atoms with Crippen LogP contribution in [0.4, 0.5) is 0 Å². The van der Waals surface area contributed by atoms with Crippen molar-refractivity contribution in [3.8, 4) is 11.5 Å². The van der Waals surface area contributed by atoms with Crippen LogP contribution >= 0.6 is 11.3 Å². The van der Waals surface area contributed by atoms with Gasteiger partial charge in [-0.25, -0.2) is 0 Å². The third-order valence-electron chi connectivity index (χ3n) is 3.86. The van der Waals surface area contributed by atoms with E-state index in [2.05, 4.69) is 17.6 Å². The van der Waals surface area contributed by atoms with Gasteiger partial charge in [-0.3, -0.25) is 9.59 Å². The molecule has 2 rings (SSSR count). The van der Waals surface area contributed by atoms with Gasteiger partial charge in [0.2, 0.25) is 5.91 Å². The minimum absolute atomic E-state index is 0.122. The van der Waals surface area contributed by atoms with E-state index in [1.54, 1.807) is 13.2 Å². The number of carbonyl (C=O) groups excluding carboxylic acids is 2. The van der Waals surface area contributed by atoms with E-state index in [0.29, 0.717) is 36.1 Å². The number of amides is 2. The highest BCUT2D eigenvalue weighted by Gasteiger charge is 2.09. The second-order valence-corrected chi connectivity index (χ2v) is 6.89. The van der Waals surface area contributed by atoms with Gasteiger partial charge in [0.15, 0.2) is 11.5 Å². The Bertz CT molecular complexity index is 732. The van der Waals surface area contributed by atoms with Gasteiger partial charge in [0.1, 0.15) is 0 Å². The quantitative estimate of drug-likeness (QED) is 0.577. The van der Waals surface area contributed by atoms with E-state index < -0.39 is 0 Å². The van der Waals surface area contributed by atoms with Gasteiger partial charge in [0, 0.05) is 19.5 Å². The summed E-state index contributed by atoms with van der Waals surface area (Å²) in [5.74, 6) is 1.09. The summed E-state index contributed by atoms with van der Waals surface area (Å²) in [6, 6.07) is 9.20. The van der Waals surface area contributed by atoms with E-state index >= 15 is 0 Å². The lowest BCUT2D eigenvalue weighted by molar-refractivity contribution is -0.121. The van der Waals surface area contributed by atoms with Crippen LogP contribution in [-0.4, -0.2) is 32.1 Å². The Hall–Kier alpha value is -2.54. The Morgan fingerprint density at radius 3 is 2.70 bits per heavy atom. The van der Waals surface area contributed by atoms with Crippen molar-refractivity contribution in [1.82, 2.24) is 10.6 Å². The Labute approximate surface area is 163 Å². The van der Waals surface area contributed by atoms with Crippen molar-refractivity contribution >= 4 is 23.2 Å². The highest BCUT2D eigenvalue weighted by Crippen LogP contribution is 2.28. The molecular formula is C20H26N2O4S. The maximum atomic E-state index is 12.0. The molecule has 0 aliphatic heterocycles. The van der Waals surface area contributed by atoms with Gasteiger partial charge >= 0.3 is 0 Å². The summed E-state index contributed by atoms with van der Waals surface area (Å²) in [6.45, 7) is 3.46. The van der Waals surface area contributed by atoms with E-state index in [0.717, 1.165) is 18.4 Å². The zero-order chi connectivity index (χ0) is 19.5. The number of unbranched alkanes of at least 4 members (excludes halogenated alkanes) is 1. The van der Waals surface area contributed by atoms with Crippen LogP contribution in [0.1, 0.15) is 41.4 Å². The molecule has 0 aliphatic rings. The SMILES string of the molecule is CCCCOc1ccc(CNC(=O)CCNC(=O)c2cccs2)cc1OC. The predicted molar refractivity (Wildman–Crippen MR) is 107 cm³/mol. The smallest absolute Gasteiger partial charge is 0.261 e. The zero-order valence-corrected chi connectivity index (χ0v) is 16.6. The van der Waals surface area contributed by atoms with Crippen LogP contribution in [0, 0.1) is 0 Å². The second-order valence-electron chi connectivity index (χ2n) is 5.95. The molecule has 2 N–H and O–H groups in total. The summed E-state index contributed by atoms with van der Waals surface area (Å²) in [5.41, 5.74) is 0.922. The molecule has 1 aromatic carbocycles. The molecule has 2 aromatic rings. The molecular weight excluding hydrogens is 364 g/mol. The molecule has 0 saturated carbocycles. The van der Waals surface area contributed by atoms with Crippen LogP contribution < -0.4 is 20.1 Å². The first-order valence-electron chi connectivity index (χ1n) is 9.02. The molecule has 0 bridgehead atoms. The fourth-order valence-electron chi connectivity index (χ4n) is 2.34. The molecule has 0 fully saturated rings. The van der Waals surface area contributed by atoms with Crippen LogP contribution in [0.25, 0.3) is 0 Å². The Morgan fingerprint density at radius 2 is 2.00 bits per heavy atom. The molecule has 6 nitrogen and oxygen atoms in total. The van der Waals surface area contributed by atoms with Crippen LogP contribution in [0.2, 0.25) is 0 Å². The normalized spacial score (nSPS) is 10.3. The average molecular weight is 391 g/mol. The number of hydrogen-bond donors (Lipinski definition) is 2. The van der Waals surface area contributed by atoms with Crippen LogP contribution in [-0.2, 0) is 11.3 Å². The Kier molecular flexibility index (Phi) is 8.64. The Balaban J connectivity index is 1.74. The van der Waals surface area contributed by atoms with Crippen molar-refractivity contribution in [2.24, 2.45) is 0 Å². The zero-order valence-electron chi connectivity index (χ0n) is 15.7. The van der Waals surface area contributed by atoms with Gasteiger partial charge in [0.25, 0.3) is 5.91 Å². The van der Waals surface area contributed by atoms with E-state index in [9.17, 15) is 9.59 Å². The van der Waals surface area contributed by atoms with Gasteiger partial charge < -0.3 is 20.1 Å². The molecule has 0 saturated heterocycles. The average Bonchev–Trinajstić information content (AvgIpc) is 3.22. The van der Waals surface area contributed by atoms with Crippen molar-refractivity contribution < 1.29 is 19.1 Å².